The maximum absolute atomic E-state index is 11.5. The van der Waals surface area contributed by atoms with E-state index >= 15 is 0 Å². The minimum Gasteiger partial charge on any atom is -0.349 e. The van der Waals surface area contributed by atoms with Crippen LogP contribution in [0.25, 0.3) is 0 Å². The van der Waals surface area contributed by atoms with E-state index in [1.54, 1.807) is 12.3 Å². The lowest BCUT2D eigenvalue weighted by Crippen LogP contribution is -2.35. The fourth-order valence-corrected chi connectivity index (χ4v) is 1.51. The molecule has 1 aromatic heterocycles. The number of H-pyrrole nitrogens is 1. The largest absolute Gasteiger partial charge is 0.349 e. The quantitative estimate of drug-likeness (QED) is 0.603. The Morgan fingerprint density at radius 1 is 1.56 bits per heavy atom. The number of aromatic nitrogens is 2. The smallest absolute Gasteiger partial charge is 0.269 e. The van der Waals surface area contributed by atoms with Crippen LogP contribution in [0.1, 0.15) is 37.2 Å². The summed E-state index contributed by atoms with van der Waals surface area (Å²) in [5.74, 6) is -0.109. The number of hydrogen-bond donors (Lipinski definition) is 3. The fourth-order valence-electron chi connectivity index (χ4n) is 1.51. The summed E-state index contributed by atoms with van der Waals surface area (Å²) in [5, 5.41) is 12.5. The summed E-state index contributed by atoms with van der Waals surface area (Å²) in [5.41, 5.74) is 0.501. The Morgan fingerprint density at radius 2 is 2.38 bits per heavy atom. The number of carbonyl (C=O) groups excluding carboxylic acids is 1. The highest BCUT2D eigenvalue weighted by molar-refractivity contribution is 5.92. The maximum Gasteiger partial charge on any atom is 0.269 e. The molecule has 1 atom stereocenters. The predicted molar refractivity (Wildman–Crippen MR) is 63.3 cm³/mol. The number of carbonyl (C=O) groups is 1. The molecular formula is C11H20N4O. The van der Waals surface area contributed by atoms with Crippen molar-refractivity contribution < 1.29 is 4.79 Å². The van der Waals surface area contributed by atoms with Crippen molar-refractivity contribution in [3.63, 3.8) is 0 Å². The molecule has 0 saturated carbocycles. The van der Waals surface area contributed by atoms with Gasteiger partial charge in [-0.2, -0.15) is 5.10 Å². The molecular weight excluding hydrogens is 204 g/mol. The third-order valence-electron chi connectivity index (χ3n) is 2.37. The Morgan fingerprint density at radius 3 is 3.00 bits per heavy atom. The molecule has 1 heterocycles. The maximum atomic E-state index is 11.5. The summed E-state index contributed by atoms with van der Waals surface area (Å²) in [6, 6.07) is 2.16. The number of nitrogens with one attached hydrogen (secondary N) is 3. The van der Waals surface area contributed by atoms with Gasteiger partial charge in [-0.3, -0.25) is 9.89 Å². The second-order valence-corrected chi connectivity index (χ2v) is 3.87. The van der Waals surface area contributed by atoms with Crippen LogP contribution in [0.2, 0.25) is 0 Å². The molecule has 1 rings (SSSR count). The van der Waals surface area contributed by atoms with Crippen LogP contribution in [-0.2, 0) is 0 Å². The molecule has 3 N–H and O–H groups in total. The minimum atomic E-state index is -0.109. The standard InChI is InChI=1S/C11H20N4O/c1-3-4-9(2)12-7-8-13-11(16)10-5-6-14-15-10/h5-6,9,12H,3-4,7-8H2,1-2H3,(H,13,16)(H,14,15). The van der Waals surface area contributed by atoms with Gasteiger partial charge in [-0.25, -0.2) is 0 Å². The van der Waals surface area contributed by atoms with Crippen LogP contribution in [0.4, 0.5) is 0 Å². The van der Waals surface area contributed by atoms with E-state index in [1.165, 1.54) is 6.42 Å². The van der Waals surface area contributed by atoms with E-state index in [2.05, 4.69) is 34.7 Å². The summed E-state index contributed by atoms with van der Waals surface area (Å²) in [6.45, 7) is 5.74. The van der Waals surface area contributed by atoms with Crippen LogP contribution in [0.15, 0.2) is 12.3 Å². The highest BCUT2D eigenvalue weighted by Gasteiger charge is 2.05. The van der Waals surface area contributed by atoms with Crippen LogP contribution in [0.3, 0.4) is 0 Å². The first kappa shape index (κ1) is 12.7. The summed E-state index contributed by atoms with van der Waals surface area (Å²) in [4.78, 5) is 11.5. The summed E-state index contributed by atoms with van der Waals surface area (Å²) < 4.78 is 0. The molecule has 1 amide bonds. The van der Waals surface area contributed by atoms with Gasteiger partial charge in [0.15, 0.2) is 0 Å². The topological polar surface area (TPSA) is 69.8 Å². The van der Waals surface area contributed by atoms with Crippen LogP contribution in [-0.4, -0.2) is 35.2 Å². The first-order chi connectivity index (χ1) is 7.74. The monoisotopic (exact) mass is 224 g/mol. The average molecular weight is 224 g/mol. The van der Waals surface area contributed by atoms with E-state index in [0.29, 0.717) is 18.3 Å². The zero-order valence-electron chi connectivity index (χ0n) is 9.92. The third kappa shape index (κ3) is 4.44. The first-order valence-electron chi connectivity index (χ1n) is 5.75. The fraction of sp³-hybridized carbons (Fsp3) is 0.636. The molecule has 0 aliphatic heterocycles. The average Bonchev–Trinajstić information content (AvgIpc) is 2.78. The molecule has 0 aliphatic carbocycles. The molecule has 5 nitrogen and oxygen atoms in total. The first-order valence-corrected chi connectivity index (χ1v) is 5.75. The second-order valence-electron chi connectivity index (χ2n) is 3.87. The SMILES string of the molecule is CCCC(C)NCCNC(=O)c1ccn[nH]1. The molecule has 0 radical (unpaired) electrons. The molecule has 0 saturated heterocycles. The van der Waals surface area contributed by atoms with Crippen molar-refractivity contribution in [1.29, 1.82) is 0 Å². The van der Waals surface area contributed by atoms with Gasteiger partial charge in [0.2, 0.25) is 0 Å². The van der Waals surface area contributed by atoms with Crippen molar-refractivity contribution in [2.45, 2.75) is 32.7 Å². The van der Waals surface area contributed by atoms with Crippen molar-refractivity contribution in [3.8, 4) is 0 Å². The number of nitrogens with zero attached hydrogens (tertiary/aromatic N) is 1. The molecule has 1 unspecified atom stereocenters. The number of aromatic amines is 1. The molecule has 0 aliphatic rings. The van der Waals surface area contributed by atoms with Crippen LogP contribution in [0.5, 0.6) is 0 Å². The van der Waals surface area contributed by atoms with Crippen LogP contribution in [0, 0.1) is 0 Å². The number of amides is 1. The van der Waals surface area contributed by atoms with Crippen LogP contribution >= 0.6 is 0 Å². The van der Waals surface area contributed by atoms with Crippen molar-refractivity contribution >= 4 is 5.91 Å². The second kappa shape index (κ2) is 7.00. The lowest BCUT2D eigenvalue weighted by atomic mass is 10.2. The molecule has 5 heteroatoms. The lowest BCUT2D eigenvalue weighted by Gasteiger charge is -2.12. The number of hydrogen-bond acceptors (Lipinski definition) is 3. The highest BCUT2D eigenvalue weighted by Crippen LogP contribution is 1.93. The van der Waals surface area contributed by atoms with Crippen LogP contribution < -0.4 is 10.6 Å². The predicted octanol–water partition coefficient (Wildman–Crippen LogP) is 0.918. The summed E-state index contributed by atoms with van der Waals surface area (Å²) in [6.07, 6.45) is 3.90. The van der Waals surface area contributed by atoms with Gasteiger partial charge in [0, 0.05) is 25.3 Å². The van der Waals surface area contributed by atoms with Gasteiger partial charge >= 0.3 is 0 Å². The molecule has 90 valence electrons. The van der Waals surface area contributed by atoms with Gasteiger partial charge < -0.3 is 10.6 Å². The molecule has 16 heavy (non-hydrogen) atoms. The Kier molecular flexibility index (Phi) is 5.56. The van der Waals surface area contributed by atoms with E-state index in [9.17, 15) is 4.79 Å². The minimum absolute atomic E-state index is 0.109. The third-order valence-corrected chi connectivity index (χ3v) is 2.37. The van der Waals surface area contributed by atoms with Gasteiger partial charge in [-0.1, -0.05) is 13.3 Å². The molecule has 0 spiro atoms. The zero-order valence-corrected chi connectivity index (χ0v) is 9.92. The Labute approximate surface area is 96.0 Å². The molecule has 0 bridgehead atoms. The number of rotatable bonds is 7. The van der Waals surface area contributed by atoms with Crippen molar-refractivity contribution in [2.75, 3.05) is 13.1 Å². The van der Waals surface area contributed by atoms with E-state index in [-0.39, 0.29) is 5.91 Å². The van der Waals surface area contributed by atoms with E-state index in [1.807, 2.05) is 0 Å². The van der Waals surface area contributed by atoms with E-state index in [4.69, 9.17) is 0 Å². The van der Waals surface area contributed by atoms with Gasteiger partial charge in [0.25, 0.3) is 5.91 Å². The summed E-state index contributed by atoms with van der Waals surface area (Å²) in [7, 11) is 0. The normalized spacial score (nSPS) is 12.4. The van der Waals surface area contributed by atoms with E-state index in [0.717, 1.165) is 13.0 Å². The molecule has 0 fully saturated rings. The van der Waals surface area contributed by atoms with Crippen molar-refractivity contribution in [2.24, 2.45) is 0 Å². The highest BCUT2D eigenvalue weighted by atomic mass is 16.1. The molecule has 1 aromatic rings. The van der Waals surface area contributed by atoms with E-state index < -0.39 is 0 Å². The van der Waals surface area contributed by atoms with Crippen molar-refractivity contribution in [1.82, 2.24) is 20.8 Å². The molecule has 0 aromatic carbocycles. The van der Waals surface area contributed by atoms with Gasteiger partial charge in [-0.15, -0.1) is 0 Å². The lowest BCUT2D eigenvalue weighted by molar-refractivity contribution is 0.0948. The van der Waals surface area contributed by atoms with Crippen molar-refractivity contribution in [3.05, 3.63) is 18.0 Å². The Balaban J connectivity index is 2.09. The van der Waals surface area contributed by atoms with Gasteiger partial charge in [-0.05, 0) is 19.4 Å². The summed E-state index contributed by atoms with van der Waals surface area (Å²) >= 11 is 0. The Hall–Kier alpha value is -1.36. The van der Waals surface area contributed by atoms with Gasteiger partial charge in [0.05, 0.1) is 0 Å². The Bertz CT molecular complexity index is 297. The van der Waals surface area contributed by atoms with Gasteiger partial charge in [0.1, 0.15) is 5.69 Å². The zero-order chi connectivity index (χ0) is 11.8.